The largest absolute Gasteiger partial charge is 0.480 e. The molecule has 5 rings (SSSR count). The lowest BCUT2D eigenvalue weighted by atomic mass is 10.0. The topological polar surface area (TPSA) is 136 Å². The molecule has 0 bridgehead atoms. The molecule has 3 aromatic heterocycles. The predicted molar refractivity (Wildman–Crippen MR) is 167 cm³/mol. The molecule has 0 saturated carbocycles. The Morgan fingerprint density at radius 2 is 1.89 bits per heavy atom. The van der Waals surface area contributed by atoms with E-state index >= 15 is 0 Å². The number of hydrogen-bond donors (Lipinski definition) is 3. The number of amides is 3. The van der Waals surface area contributed by atoms with Gasteiger partial charge in [0.1, 0.15) is 11.4 Å². The van der Waals surface area contributed by atoms with Crippen LogP contribution in [0, 0.1) is 12.9 Å². The van der Waals surface area contributed by atoms with E-state index in [2.05, 4.69) is 30.8 Å². The van der Waals surface area contributed by atoms with E-state index in [1.165, 1.54) is 26.4 Å². The number of para-hydroxylation sites is 1. The number of nitrogens with zero attached hydrogens (tertiary/aromatic N) is 5. The Bertz CT molecular complexity index is 1660. The van der Waals surface area contributed by atoms with Crippen molar-refractivity contribution in [2.75, 3.05) is 40.2 Å². The first-order valence-corrected chi connectivity index (χ1v) is 14.6. The van der Waals surface area contributed by atoms with Gasteiger partial charge in [-0.2, -0.15) is 9.49 Å². The van der Waals surface area contributed by atoms with Gasteiger partial charge in [-0.1, -0.05) is 18.2 Å². The molecule has 12 nitrogen and oxygen atoms in total. The van der Waals surface area contributed by atoms with Gasteiger partial charge in [-0.25, -0.2) is 19.4 Å². The van der Waals surface area contributed by atoms with E-state index in [-0.39, 0.29) is 35.5 Å². The fourth-order valence-electron chi connectivity index (χ4n) is 5.91. The third-order valence-electron chi connectivity index (χ3n) is 8.13. The van der Waals surface area contributed by atoms with Crippen molar-refractivity contribution in [3.63, 3.8) is 0 Å². The summed E-state index contributed by atoms with van der Waals surface area (Å²) in [6.07, 6.45) is 4.41. The fraction of sp³-hybridized carbons (Fsp3) is 0.344. The number of benzene rings is 1. The molecule has 1 saturated heterocycles. The smallest absolute Gasteiger partial charge is 0.320 e. The quantitative estimate of drug-likeness (QED) is 0.227. The molecule has 13 heteroatoms. The van der Waals surface area contributed by atoms with E-state index in [4.69, 9.17) is 14.6 Å². The van der Waals surface area contributed by atoms with Crippen molar-refractivity contribution in [1.29, 1.82) is 0 Å². The molecule has 3 amide bonds. The van der Waals surface area contributed by atoms with Gasteiger partial charge in [0, 0.05) is 50.3 Å². The van der Waals surface area contributed by atoms with Crippen LogP contribution in [0.5, 0.6) is 5.88 Å². The molecule has 1 aliphatic rings. The van der Waals surface area contributed by atoms with Crippen LogP contribution < -0.4 is 20.7 Å². The number of halogens is 1. The Labute approximate surface area is 261 Å². The highest BCUT2D eigenvalue weighted by Gasteiger charge is 2.40. The summed E-state index contributed by atoms with van der Waals surface area (Å²) < 4.78 is 26.4. The van der Waals surface area contributed by atoms with Gasteiger partial charge in [0.2, 0.25) is 11.8 Å². The first kappa shape index (κ1) is 31.5. The molecule has 236 valence electrons. The Kier molecular flexibility index (Phi) is 9.69. The van der Waals surface area contributed by atoms with Gasteiger partial charge >= 0.3 is 6.03 Å². The maximum Gasteiger partial charge on any atom is 0.320 e. The number of nitrogens with one attached hydrogen (secondary N) is 3. The minimum atomic E-state index is -0.577. The second-order valence-electron chi connectivity index (χ2n) is 10.8. The van der Waals surface area contributed by atoms with Crippen LogP contribution in [0.25, 0.3) is 16.9 Å². The van der Waals surface area contributed by atoms with Gasteiger partial charge < -0.3 is 20.1 Å². The molecule has 0 spiro atoms. The maximum atomic E-state index is 14.2. The van der Waals surface area contributed by atoms with E-state index in [1.54, 1.807) is 30.1 Å². The normalized spacial score (nSPS) is 18.0. The van der Waals surface area contributed by atoms with E-state index < -0.39 is 12.0 Å². The third-order valence-corrected chi connectivity index (χ3v) is 8.13. The van der Waals surface area contributed by atoms with Crippen LogP contribution in [0.2, 0.25) is 0 Å². The first-order valence-electron chi connectivity index (χ1n) is 14.6. The summed E-state index contributed by atoms with van der Waals surface area (Å²) in [7, 11) is 6.60. The molecule has 1 fully saturated rings. The van der Waals surface area contributed by atoms with Crippen LogP contribution in [0.1, 0.15) is 40.4 Å². The SMILES string of the molecule is CNC(=O)c1cc(-c2nn(-c3ccccc3)c(NC(=O)N[C@@H]3C[C@@H](CCOC)N(C)[C@H]3c3ccnc(F)c3)c2C)cnc1OC. The molecule has 0 aliphatic carbocycles. The number of hydrogen-bond acceptors (Lipinski definition) is 8. The number of pyridine rings is 2. The van der Waals surface area contributed by atoms with Gasteiger partial charge in [0.05, 0.1) is 30.6 Å². The lowest BCUT2D eigenvalue weighted by Gasteiger charge is -2.28. The highest BCUT2D eigenvalue weighted by molar-refractivity contribution is 5.97. The number of anilines is 1. The molecule has 3 atom stereocenters. The standard InChI is InChI=1S/C32H37FN8O4/c1-19-27(21-15-24(30(42)34-2)31(45-5)36-18-21)39-41(22-9-7-6-8-10-22)29(19)38-32(43)37-25-17-23(12-14-44-4)40(3)28(25)20-11-13-35-26(33)16-20/h6-11,13,15-16,18,23,25,28H,12,14,17H2,1-5H3,(H,34,42)(H2,37,38,43)/t23-,25-,28+/m1/s1. The van der Waals surface area contributed by atoms with Crippen LogP contribution in [0.15, 0.2) is 60.9 Å². The third kappa shape index (κ3) is 6.64. The molecular weight excluding hydrogens is 579 g/mol. The number of ether oxygens (including phenoxy) is 2. The van der Waals surface area contributed by atoms with Crippen molar-refractivity contribution in [2.24, 2.45) is 0 Å². The summed E-state index contributed by atoms with van der Waals surface area (Å²) >= 11 is 0. The van der Waals surface area contributed by atoms with Crippen LogP contribution in [0.4, 0.5) is 15.0 Å². The molecule has 1 aliphatic heterocycles. The van der Waals surface area contributed by atoms with Crippen molar-refractivity contribution < 1.29 is 23.5 Å². The van der Waals surface area contributed by atoms with E-state index in [0.717, 1.165) is 17.7 Å². The van der Waals surface area contributed by atoms with Crippen molar-refractivity contribution in [3.8, 4) is 22.8 Å². The molecule has 0 unspecified atom stereocenters. The second kappa shape index (κ2) is 13.8. The molecule has 3 N–H and O–H groups in total. The van der Waals surface area contributed by atoms with Gasteiger partial charge in [-0.3, -0.25) is 15.0 Å². The summed E-state index contributed by atoms with van der Waals surface area (Å²) in [6.45, 7) is 2.40. The number of aromatic nitrogens is 4. The molecular formula is C32H37FN8O4. The molecule has 45 heavy (non-hydrogen) atoms. The van der Waals surface area contributed by atoms with Crippen molar-refractivity contribution in [2.45, 2.75) is 37.9 Å². The Hall–Kier alpha value is -4.88. The van der Waals surface area contributed by atoms with Gasteiger partial charge in [-0.05, 0) is 62.7 Å². The summed E-state index contributed by atoms with van der Waals surface area (Å²) in [6, 6.07) is 13.3. The molecule has 4 heterocycles. The fourth-order valence-corrected chi connectivity index (χ4v) is 5.91. The van der Waals surface area contributed by atoms with Crippen LogP contribution in [0.3, 0.4) is 0 Å². The van der Waals surface area contributed by atoms with Crippen LogP contribution >= 0.6 is 0 Å². The first-order chi connectivity index (χ1) is 21.7. The molecule has 1 aromatic carbocycles. The van der Waals surface area contributed by atoms with Gasteiger partial charge in [0.25, 0.3) is 5.91 Å². The number of carbonyl (C=O) groups excluding carboxylic acids is 2. The highest BCUT2D eigenvalue weighted by Crippen LogP contribution is 2.37. The maximum absolute atomic E-state index is 14.2. The zero-order chi connectivity index (χ0) is 32.1. The lowest BCUT2D eigenvalue weighted by molar-refractivity contribution is 0.0959. The average Bonchev–Trinajstić information content (AvgIpc) is 3.54. The molecule has 0 radical (unpaired) electrons. The zero-order valence-electron chi connectivity index (χ0n) is 25.9. The molecule has 4 aromatic rings. The average molecular weight is 617 g/mol. The van der Waals surface area contributed by atoms with Crippen molar-refractivity contribution >= 4 is 17.8 Å². The number of likely N-dealkylation sites (tertiary alicyclic amines) is 1. The summed E-state index contributed by atoms with van der Waals surface area (Å²) in [5.41, 5.74) is 3.47. The van der Waals surface area contributed by atoms with Crippen molar-refractivity contribution in [3.05, 3.63) is 83.6 Å². The zero-order valence-corrected chi connectivity index (χ0v) is 25.9. The number of carbonyl (C=O) groups is 2. The summed E-state index contributed by atoms with van der Waals surface area (Å²) in [5.74, 6) is -0.301. The number of methoxy groups -OCH3 is 2. The minimum Gasteiger partial charge on any atom is -0.480 e. The van der Waals surface area contributed by atoms with E-state index in [1.807, 2.05) is 44.3 Å². The Morgan fingerprint density at radius 3 is 2.58 bits per heavy atom. The predicted octanol–water partition coefficient (Wildman–Crippen LogP) is 4.12. The van der Waals surface area contributed by atoms with Crippen LogP contribution in [-0.2, 0) is 4.74 Å². The second-order valence-corrected chi connectivity index (χ2v) is 10.8. The Morgan fingerprint density at radius 1 is 1.11 bits per heavy atom. The Balaban J connectivity index is 1.48. The minimum absolute atomic E-state index is 0.108. The van der Waals surface area contributed by atoms with Crippen molar-refractivity contribution in [1.82, 2.24) is 35.3 Å². The summed E-state index contributed by atoms with van der Waals surface area (Å²) in [4.78, 5) is 36.5. The summed E-state index contributed by atoms with van der Waals surface area (Å²) in [5, 5.41) is 13.6. The number of urea groups is 1. The number of likely N-dealkylation sites (N-methyl/N-ethyl adjacent to an activating group) is 1. The van der Waals surface area contributed by atoms with Gasteiger partial charge in [0.15, 0.2) is 0 Å². The number of rotatable bonds is 10. The van der Waals surface area contributed by atoms with E-state index in [9.17, 15) is 14.0 Å². The van der Waals surface area contributed by atoms with Crippen LogP contribution in [-0.4, -0.2) is 83.6 Å². The highest BCUT2D eigenvalue weighted by atomic mass is 19.1. The monoisotopic (exact) mass is 616 g/mol. The lowest BCUT2D eigenvalue weighted by Crippen LogP contribution is -2.41. The van der Waals surface area contributed by atoms with E-state index in [0.29, 0.717) is 35.7 Å². The van der Waals surface area contributed by atoms with Gasteiger partial charge in [-0.15, -0.1) is 0 Å².